The van der Waals surface area contributed by atoms with Crippen molar-refractivity contribution in [3.63, 3.8) is 0 Å². The molecule has 412 valence electrons. The zero-order valence-electron chi connectivity index (χ0n) is 47.3. The topological polar surface area (TPSA) is 78.9 Å². The maximum atomic E-state index is 12.9. The van der Waals surface area contributed by atoms with Gasteiger partial charge in [0.1, 0.15) is 13.2 Å². The summed E-state index contributed by atoms with van der Waals surface area (Å²) in [7, 11) is 0. The first-order chi connectivity index (χ1) is 34.5. The molecule has 0 aromatic carbocycles. The number of rotatable bonds is 58. The Morgan fingerprint density at radius 1 is 0.286 bits per heavy atom. The summed E-state index contributed by atoms with van der Waals surface area (Å²) < 4.78 is 16.9. The molecule has 0 aliphatic carbocycles. The molecule has 0 bridgehead atoms. The summed E-state index contributed by atoms with van der Waals surface area (Å²) in [5.74, 6) is -0.843. The van der Waals surface area contributed by atoms with E-state index in [0.29, 0.717) is 19.3 Å². The summed E-state index contributed by atoms with van der Waals surface area (Å²) in [5, 5.41) is 0. The summed E-state index contributed by atoms with van der Waals surface area (Å²) in [6.45, 7) is 6.68. The summed E-state index contributed by atoms with van der Waals surface area (Å²) in [6, 6.07) is 0. The Morgan fingerprint density at radius 2 is 0.514 bits per heavy atom. The number of carbonyl (C=O) groups excluding carboxylic acids is 3. The van der Waals surface area contributed by atoms with E-state index in [9.17, 15) is 14.4 Å². The lowest BCUT2D eigenvalue weighted by Crippen LogP contribution is -2.30. The molecule has 0 aromatic rings. The molecule has 0 aliphatic rings. The van der Waals surface area contributed by atoms with Gasteiger partial charge in [-0.05, 0) is 51.4 Å². The lowest BCUT2D eigenvalue weighted by atomic mass is 10.0. The smallest absolute Gasteiger partial charge is 0.306 e. The van der Waals surface area contributed by atoms with Crippen LogP contribution in [0.15, 0.2) is 24.3 Å². The highest BCUT2D eigenvalue weighted by molar-refractivity contribution is 5.71. The second-order valence-electron chi connectivity index (χ2n) is 21.3. The van der Waals surface area contributed by atoms with Gasteiger partial charge in [0.05, 0.1) is 0 Å². The van der Waals surface area contributed by atoms with Gasteiger partial charge in [0.15, 0.2) is 6.10 Å². The van der Waals surface area contributed by atoms with Gasteiger partial charge >= 0.3 is 17.9 Å². The third-order valence-corrected chi connectivity index (χ3v) is 14.2. The molecule has 0 radical (unpaired) electrons. The standard InChI is InChI=1S/C64H120O6/c1-4-7-10-13-16-19-22-24-26-28-29-30-31-32-33-34-35-37-38-40-42-45-48-51-54-57-63(66)69-60-61(59-68-62(65)56-53-50-47-44-21-18-15-12-9-6-3)70-64(67)58-55-52-49-46-43-41-39-36-27-25-23-20-17-14-11-8-5-2/h22,24,28-29,61H,4-21,23,25-27,30-60H2,1-3H3/b24-22-,29-28-. The van der Waals surface area contributed by atoms with E-state index < -0.39 is 6.10 Å². The molecule has 1 atom stereocenters. The van der Waals surface area contributed by atoms with Gasteiger partial charge in [-0.3, -0.25) is 14.4 Å². The molecule has 0 rings (SSSR count). The largest absolute Gasteiger partial charge is 0.462 e. The monoisotopic (exact) mass is 985 g/mol. The van der Waals surface area contributed by atoms with Gasteiger partial charge in [0.2, 0.25) is 0 Å². The molecule has 0 amide bonds. The van der Waals surface area contributed by atoms with Crippen molar-refractivity contribution in [3.05, 3.63) is 24.3 Å². The molecule has 1 unspecified atom stereocenters. The van der Waals surface area contributed by atoms with Gasteiger partial charge in [-0.1, -0.05) is 302 Å². The number of allylic oxidation sites excluding steroid dienone is 4. The van der Waals surface area contributed by atoms with Crippen molar-refractivity contribution in [1.82, 2.24) is 0 Å². The molecule has 0 fully saturated rings. The van der Waals surface area contributed by atoms with E-state index in [1.54, 1.807) is 0 Å². The maximum Gasteiger partial charge on any atom is 0.306 e. The van der Waals surface area contributed by atoms with Crippen LogP contribution in [0.2, 0.25) is 0 Å². The molecular formula is C64H120O6. The van der Waals surface area contributed by atoms with Crippen molar-refractivity contribution >= 4 is 17.9 Å². The predicted octanol–water partition coefficient (Wildman–Crippen LogP) is 21.1. The van der Waals surface area contributed by atoms with Crippen LogP contribution in [-0.2, 0) is 28.6 Å². The minimum atomic E-state index is -0.765. The zero-order valence-corrected chi connectivity index (χ0v) is 47.3. The van der Waals surface area contributed by atoms with E-state index in [-0.39, 0.29) is 31.1 Å². The second kappa shape index (κ2) is 59.5. The van der Waals surface area contributed by atoms with Crippen molar-refractivity contribution in [2.75, 3.05) is 13.2 Å². The molecule has 0 saturated heterocycles. The Kier molecular flexibility index (Phi) is 57.7. The maximum absolute atomic E-state index is 12.9. The van der Waals surface area contributed by atoms with E-state index in [1.807, 2.05) is 0 Å². The summed E-state index contributed by atoms with van der Waals surface area (Å²) in [4.78, 5) is 38.2. The average molecular weight is 986 g/mol. The normalized spacial score (nSPS) is 12.1. The highest BCUT2D eigenvalue weighted by Gasteiger charge is 2.19. The van der Waals surface area contributed by atoms with Crippen LogP contribution < -0.4 is 0 Å². The van der Waals surface area contributed by atoms with E-state index in [0.717, 1.165) is 64.2 Å². The molecule has 0 aromatic heterocycles. The molecule has 6 heteroatoms. The van der Waals surface area contributed by atoms with Crippen molar-refractivity contribution in [2.24, 2.45) is 0 Å². The predicted molar refractivity (Wildman–Crippen MR) is 303 cm³/mol. The number of hydrogen-bond donors (Lipinski definition) is 0. The van der Waals surface area contributed by atoms with Gasteiger partial charge in [0, 0.05) is 19.3 Å². The van der Waals surface area contributed by atoms with Crippen LogP contribution in [0.4, 0.5) is 0 Å². The molecule has 70 heavy (non-hydrogen) atoms. The average Bonchev–Trinajstić information content (AvgIpc) is 3.36. The Bertz CT molecular complexity index is 1130. The van der Waals surface area contributed by atoms with Crippen LogP contribution in [-0.4, -0.2) is 37.2 Å². The van der Waals surface area contributed by atoms with Gasteiger partial charge in [-0.25, -0.2) is 0 Å². The van der Waals surface area contributed by atoms with Gasteiger partial charge in [0.25, 0.3) is 0 Å². The van der Waals surface area contributed by atoms with Crippen LogP contribution in [0.25, 0.3) is 0 Å². The molecule has 0 spiro atoms. The minimum Gasteiger partial charge on any atom is -0.462 e. The van der Waals surface area contributed by atoms with Gasteiger partial charge in [-0.2, -0.15) is 0 Å². The van der Waals surface area contributed by atoms with E-state index in [4.69, 9.17) is 14.2 Å². The van der Waals surface area contributed by atoms with Crippen molar-refractivity contribution in [1.29, 1.82) is 0 Å². The van der Waals surface area contributed by atoms with E-state index in [2.05, 4.69) is 45.1 Å². The van der Waals surface area contributed by atoms with Crippen molar-refractivity contribution in [2.45, 2.75) is 354 Å². The van der Waals surface area contributed by atoms with Gasteiger partial charge < -0.3 is 14.2 Å². The Labute approximate surface area is 436 Å². The molecule has 0 heterocycles. The first-order valence-electron chi connectivity index (χ1n) is 31.3. The lowest BCUT2D eigenvalue weighted by Gasteiger charge is -2.18. The molecule has 0 saturated carbocycles. The summed E-state index contributed by atoms with van der Waals surface area (Å²) >= 11 is 0. The fourth-order valence-electron chi connectivity index (χ4n) is 9.48. The number of carbonyl (C=O) groups is 3. The molecular weight excluding hydrogens is 865 g/mol. The zero-order chi connectivity index (χ0) is 50.7. The van der Waals surface area contributed by atoms with Crippen LogP contribution in [0.5, 0.6) is 0 Å². The van der Waals surface area contributed by atoms with Crippen molar-refractivity contribution in [3.8, 4) is 0 Å². The SMILES string of the molecule is CCCCCCC/C=C\C/C=C\CCCCCCCCCCCCCCCC(=O)OCC(COC(=O)CCCCCCCCCCCC)OC(=O)CCCCCCCCCCCCCCCCCCC. The molecule has 0 aliphatic heterocycles. The number of hydrogen-bond acceptors (Lipinski definition) is 6. The number of esters is 3. The lowest BCUT2D eigenvalue weighted by molar-refractivity contribution is -0.167. The highest BCUT2D eigenvalue weighted by Crippen LogP contribution is 2.18. The minimum absolute atomic E-state index is 0.0652. The third-order valence-electron chi connectivity index (χ3n) is 14.2. The fourth-order valence-corrected chi connectivity index (χ4v) is 9.48. The fraction of sp³-hybridized carbons (Fsp3) is 0.891. The van der Waals surface area contributed by atoms with E-state index in [1.165, 1.54) is 244 Å². The Balaban J connectivity index is 4.18. The third kappa shape index (κ3) is 56.8. The Hall–Kier alpha value is -2.11. The molecule has 6 nitrogen and oxygen atoms in total. The second-order valence-corrected chi connectivity index (χ2v) is 21.3. The van der Waals surface area contributed by atoms with Crippen LogP contribution in [0, 0.1) is 0 Å². The highest BCUT2D eigenvalue weighted by atomic mass is 16.6. The number of ether oxygens (including phenoxy) is 3. The summed E-state index contributed by atoms with van der Waals surface area (Å²) in [5.41, 5.74) is 0. The quantitative estimate of drug-likeness (QED) is 0.0261. The van der Waals surface area contributed by atoms with Crippen LogP contribution >= 0.6 is 0 Å². The molecule has 0 N–H and O–H groups in total. The first-order valence-corrected chi connectivity index (χ1v) is 31.3. The Morgan fingerprint density at radius 3 is 0.786 bits per heavy atom. The van der Waals surface area contributed by atoms with E-state index >= 15 is 0 Å². The first kappa shape index (κ1) is 67.9. The van der Waals surface area contributed by atoms with Gasteiger partial charge in [-0.15, -0.1) is 0 Å². The van der Waals surface area contributed by atoms with Crippen LogP contribution in [0.3, 0.4) is 0 Å². The van der Waals surface area contributed by atoms with Crippen molar-refractivity contribution < 1.29 is 28.6 Å². The van der Waals surface area contributed by atoms with Crippen LogP contribution in [0.1, 0.15) is 348 Å². The summed E-state index contributed by atoms with van der Waals surface area (Å²) in [6.07, 6.45) is 70.4. The number of unbranched alkanes of at least 4 members (excludes halogenated alkanes) is 43.